The van der Waals surface area contributed by atoms with Crippen molar-refractivity contribution in [2.24, 2.45) is 5.92 Å². The Morgan fingerprint density at radius 3 is 2.60 bits per heavy atom. The van der Waals surface area contributed by atoms with Gasteiger partial charge in [0.05, 0.1) is 5.56 Å². The van der Waals surface area contributed by atoms with Crippen molar-refractivity contribution in [3.8, 4) is 0 Å². The zero-order chi connectivity index (χ0) is 10.8. The van der Waals surface area contributed by atoms with E-state index in [2.05, 4.69) is 0 Å². The number of benzene rings is 1. The Morgan fingerprint density at radius 1 is 1.33 bits per heavy atom. The van der Waals surface area contributed by atoms with E-state index in [9.17, 15) is 13.6 Å². The molecule has 1 aliphatic carbocycles. The van der Waals surface area contributed by atoms with Gasteiger partial charge in [-0.05, 0) is 18.1 Å². The maximum Gasteiger partial charge on any atom is 0.166 e. The quantitative estimate of drug-likeness (QED) is 0.699. The predicted octanol–water partition coefficient (Wildman–Crippen LogP) is 3.34. The second-order valence-electron chi connectivity index (χ2n) is 4.05. The molecule has 0 N–H and O–H groups in total. The molecular weight excluding hydrogens is 198 g/mol. The Kier molecular flexibility index (Phi) is 2.80. The van der Waals surface area contributed by atoms with Crippen LogP contribution in [0.15, 0.2) is 18.2 Å². The highest BCUT2D eigenvalue weighted by Gasteiger charge is 2.22. The SMILES string of the molecule is O=C(CC1CCC1)c1ccc(F)cc1F. The second-order valence-corrected chi connectivity index (χ2v) is 4.05. The number of hydrogen-bond donors (Lipinski definition) is 0. The fraction of sp³-hybridized carbons (Fsp3) is 0.417. The largest absolute Gasteiger partial charge is 0.294 e. The highest BCUT2D eigenvalue weighted by atomic mass is 19.1. The number of hydrogen-bond acceptors (Lipinski definition) is 1. The predicted molar refractivity (Wildman–Crippen MR) is 52.6 cm³/mol. The van der Waals surface area contributed by atoms with Crippen LogP contribution in [0.3, 0.4) is 0 Å². The molecule has 0 atom stereocenters. The molecule has 80 valence electrons. The third kappa shape index (κ3) is 2.22. The molecule has 15 heavy (non-hydrogen) atoms. The summed E-state index contributed by atoms with van der Waals surface area (Å²) in [6, 6.07) is 3.11. The molecule has 0 unspecified atom stereocenters. The van der Waals surface area contributed by atoms with E-state index in [1.165, 1.54) is 6.07 Å². The van der Waals surface area contributed by atoms with Gasteiger partial charge < -0.3 is 0 Å². The van der Waals surface area contributed by atoms with Crippen LogP contribution in [-0.2, 0) is 0 Å². The first-order chi connectivity index (χ1) is 7.16. The Labute approximate surface area is 87.1 Å². The minimum atomic E-state index is -0.751. The van der Waals surface area contributed by atoms with Gasteiger partial charge in [0.2, 0.25) is 0 Å². The fourth-order valence-corrected chi connectivity index (χ4v) is 1.78. The van der Waals surface area contributed by atoms with Crippen LogP contribution in [0.4, 0.5) is 8.78 Å². The Bertz CT molecular complexity index is 383. The van der Waals surface area contributed by atoms with E-state index in [-0.39, 0.29) is 11.3 Å². The van der Waals surface area contributed by atoms with E-state index in [0.717, 1.165) is 31.4 Å². The van der Waals surface area contributed by atoms with E-state index >= 15 is 0 Å². The van der Waals surface area contributed by atoms with Crippen LogP contribution < -0.4 is 0 Å². The Balaban J connectivity index is 2.10. The first-order valence-electron chi connectivity index (χ1n) is 5.15. The molecule has 0 bridgehead atoms. The molecule has 1 aromatic rings. The number of carbonyl (C=O) groups is 1. The van der Waals surface area contributed by atoms with Crippen molar-refractivity contribution < 1.29 is 13.6 Å². The summed E-state index contributed by atoms with van der Waals surface area (Å²) in [4.78, 5) is 11.6. The molecule has 0 spiro atoms. The van der Waals surface area contributed by atoms with Crippen LogP contribution in [0.5, 0.6) is 0 Å². The maximum absolute atomic E-state index is 13.2. The second kappa shape index (κ2) is 4.09. The number of ketones is 1. The Hall–Kier alpha value is -1.25. The summed E-state index contributed by atoms with van der Waals surface area (Å²) in [5.41, 5.74) is 0.0169. The summed E-state index contributed by atoms with van der Waals surface area (Å²) in [6.07, 6.45) is 3.65. The van der Waals surface area contributed by atoms with Crippen molar-refractivity contribution >= 4 is 5.78 Å². The lowest BCUT2D eigenvalue weighted by atomic mass is 9.81. The van der Waals surface area contributed by atoms with Gasteiger partial charge in [-0.15, -0.1) is 0 Å². The van der Waals surface area contributed by atoms with Gasteiger partial charge in [0.15, 0.2) is 5.78 Å². The van der Waals surface area contributed by atoms with Gasteiger partial charge >= 0.3 is 0 Å². The van der Waals surface area contributed by atoms with Crippen molar-refractivity contribution in [2.45, 2.75) is 25.7 Å². The summed E-state index contributed by atoms with van der Waals surface area (Å²) in [6.45, 7) is 0. The third-order valence-corrected chi connectivity index (χ3v) is 2.93. The fourth-order valence-electron chi connectivity index (χ4n) is 1.78. The van der Waals surface area contributed by atoms with Gasteiger partial charge in [-0.25, -0.2) is 8.78 Å². The molecule has 0 radical (unpaired) electrons. The molecule has 1 fully saturated rings. The molecule has 1 saturated carbocycles. The zero-order valence-electron chi connectivity index (χ0n) is 8.30. The van der Waals surface area contributed by atoms with E-state index < -0.39 is 11.6 Å². The van der Waals surface area contributed by atoms with Crippen molar-refractivity contribution in [1.29, 1.82) is 0 Å². The van der Waals surface area contributed by atoms with Crippen LogP contribution in [0, 0.1) is 17.6 Å². The monoisotopic (exact) mass is 210 g/mol. The third-order valence-electron chi connectivity index (χ3n) is 2.93. The van der Waals surface area contributed by atoms with Gasteiger partial charge in [-0.2, -0.15) is 0 Å². The Morgan fingerprint density at radius 2 is 2.07 bits per heavy atom. The number of rotatable bonds is 3. The smallest absolute Gasteiger partial charge is 0.166 e. The van der Waals surface area contributed by atoms with Crippen molar-refractivity contribution in [3.63, 3.8) is 0 Å². The first-order valence-corrected chi connectivity index (χ1v) is 5.15. The lowest BCUT2D eigenvalue weighted by Gasteiger charge is -2.24. The summed E-state index contributed by atoms with van der Waals surface area (Å²) in [7, 11) is 0. The van der Waals surface area contributed by atoms with Crippen LogP contribution in [-0.4, -0.2) is 5.78 Å². The van der Waals surface area contributed by atoms with Crippen LogP contribution in [0.1, 0.15) is 36.0 Å². The van der Waals surface area contributed by atoms with Gasteiger partial charge in [0.25, 0.3) is 0 Å². The van der Waals surface area contributed by atoms with Gasteiger partial charge in [-0.1, -0.05) is 19.3 Å². The molecule has 0 amide bonds. The highest BCUT2D eigenvalue weighted by Crippen LogP contribution is 2.30. The molecule has 0 heterocycles. The number of carbonyl (C=O) groups excluding carboxylic acids is 1. The van der Waals surface area contributed by atoms with Crippen LogP contribution in [0.25, 0.3) is 0 Å². The average Bonchev–Trinajstić information content (AvgIpc) is 2.11. The molecule has 3 heteroatoms. The maximum atomic E-state index is 13.2. The lowest BCUT2D eigenvalue weighted by molar-refractivity contribution is 0.0932. The molecule has 1 aliphatic rings. The lowest BCUT2D eigenvalue weighted by Crippen LogP contribution is -2.16. The van der Waals surface area contributed by atoms with E-state index in [1.54, 1.807) is 0 Å². The molecule has 0 aliphatic heterocycles. The van der Waals surface area contributed by atoms with Crippen LogP contribution >= 0.6 is 0 Å². The standard InChI is InChI=1S/C12H12F2O/c13-9-4-5-10(11(14)7-9)12(15)6-8-2-1-3-8/h4-5,7-8H,1-3,6H2. The topological polar surface area (TPSA) is 17.1 Å². The van der Waals surface area contributed by atoms with Crippen molar-refractivity contribution in [1.82, 2.24) is 0 Å². The molecular formula is C12H12F2O. The van der Waals surface area contributed by atoms with E-state index in [0.29, 0.717) is 12.3 Å². The summed E-state index contributed by atoms with van der Waals surface area (Å²) < 4.78 is 25.8. The van der Waals surface area contributed by atoms with Gasteiger partial charge in [0.1, 0.15) is 11.6 Å². The highest BCUT2D eigenvalue weighted by molar-refractivity contribution is 5.96. The number of halogens is 2. The van der Waals surface area contributed by atoms with Gasteiger partial charge in [0, 0.05) is 12.5 Å². The normalized spacial score (nSPS) is 16.1. The molecule has 0 aromatic heterocycles. The number of Topliss-reactive ketones (excluding diaryl/α,β-unsaturated/α-hetero) is 1. The van der Waals surface area contributed by atoms with E-state index in [4.69, 9.17) is 0 Å². The minimum absolute atomic E-state index is 0.0169. The first kappa shape index (κ1) is 10.3. The summed E-state index contributed by atoms with van der Waals surface area (Å²) in [5, 5.41) is 0. The zero-order valence-corrected chi connectivity index (χ0v) is 8.30. The molecule has 2 rings (SSSR count). The summed E-state index contributed by atoms with van der Waals surface area (Å²) in [5.74, 6) is -1.20. The van der Waals surface area contributed by atoms with Gasteiger partial charge in [-0.3, -0.25) is 4.79 Å². The molecule has 1 nitrogen and oxygen atoms in total. The minimum Gasteiger partial charge on any atom is -0.294 e. The molecule has 0 saturated heterocycles. The average molecular weight is 210 g/mol. The van der Waals surface area contributed by atoms with Crippen molar-refractivity contribution in [2.75, 3.05) is 0 Å². The van der Waals surface area contributed by atoms with Crippen molar-refractivity contribution in [3.05, 3.63) is 35.4 Å². The molecule has 1 aromatic carbocycles. The summed E-state index contributed by atoms with van der Waals surface area (Å²) >= 11 is 0. The van der Waals surface area contributed by atoms with Crippen LogP contribution in [0.2, 0.25) is 0 Å². The van der Waals surface area contributed by atoms with E-state index in [1.807, 2.05) is 0 Å².